The summed E-state index contributed by atoms with van der Waals surface area (Å²) in [6.07, 6.45) is 10.0. The molecule has 5 rings (SSSR count). The van der Waals surface area contributed by atoms with Crippen LogP contribution in [0.5, 0.6) is 0 Å². The molecule has 1 spiro atoms. The zero-order valence-electron chi connectivity index (χ0n) is 18.3. The van der Waals surface area contributed by atoms with Gasteiger partial charge in [-0.05, 0) is 81.1 Å². The number of benzene rings is 1. The van der Waals surface area contributed by atoms with Crippen molar-refractivity contribution in [2.75, 3.05) is 9.80 Å². The summed E-state index contributed by atoms with van der Waals surface area (Å²) in [5.41, 5.74) is 3.29. The summed E-state index contributed by atoms with van der Waals surface area (Å²) in [6, 6.07) is 9.42. The summed E-state index contributed by atoms with van der Waals surface area (Å²) in [7, 11) is 0. The number of thiocarbonyl (C=S) groups is 1. The molecule has 3 aromatic rings. The second kappa shape index (κ2) is 8.41. The number of aromatic nitrogens is 2. The van der Waals surface area contributed by atoms with Crippen LogP contribution in [0.4, 0.5) is 17.1 Å². The van der Waals surface area contributed by atoms with Crippen LogP contribution in [0.15, 0.2) is 53.4 Å². The Balaban J connectivity index is 1.38. The Morgan fingerprint density at radius 2 is 2.00 bits per heavy atom. The van der Waals surface area contributed by atoms with E-state index in [-0.39, 0.29) is 5.91 Å². The maximum atomic E-state index is 13.6. The Kier molecular flexibility index (Phi) is 5.43. The van der Waals surface area contributed by atoms with Crippen molar-refractivity contribution in [2.45, 2.75) is 51.0 Å². The van der Waals surface area contributed by atoms with Gasteiger partial charge in [-0.25, -0.2) is 9.83 Å². The molecule has 1 aromatic carbocycles. The number of nitrogens with zero attached hydrogens (tertiary/aromatic N) is 5. The smallest absolute Gasteiger partial charge is 0.259 e. The Hall–Kier alpha value is -3.57. The lowest BCUT2D eigenvalue weighted by Crippen LogP contribution is -2.55. The van der Waals surface area contributed by atoms with Crippen molar-refractivity contribution in [1.29, 1.82) is 0 Å². The van der Waals surface area contributed by atoms with Crippen LogP contribution in [0.1, 0.15) is 42.8 Å². The summed E-state index contributed by atoms with van der Waals surface area (Å²) in [6.45, 7) is 9.16. The second-order valence-electron chi connectivity index (χ2n) is 8.51. The maximum Gasteiger partial charge on any atom is 0.259 e. The molecule has 0 bridgehead atoms. The number of aryl methyl sites for hydroxylation is 3. The van der Waals surface area contributed by atoms with E-state index in [1.54, 1.807) is 29.5 Å². The highest BCUT2D eigenvalue weighted by Crippen LogP contribution is 2.47. The molecule has 1 saturated carbocycles. The van der Waals surface area contributed by atoms with Gasteiger partial charge in [0.15, 0.2) is 16.7 Å². The number of carbonyl (C=O) groups is 1. The number of hydrogen-bond acceptors (Lipinski definition) is 5. The fraction of sp³-hybridized carbons (Fsp3) is 0.320. The van der Waals surface area contributed by atoms with Crippen LogP contribution >= 0.6 is 12.2 Å². The number of oxazole rings is 1. The third-order valence-corrected chi connectivity index (χ3v) is 6.89. The van der Waals surface area contributed by atoms with Crippen molar-refractivity contribution >= 4 is 40.3 Å². The largest absolute Gasteiger partial charge is 0.449 e. The average molecular weight is 458 g/mol. The molecule has 2 fully saturated rings. The molecule has 1 aliphatic heterocycles. The van der Waals surface area contributed by atoms with Gasteiger partial charge in [-0.1, -0.05) is 6.07 Å². The van der Waals surface area contributed by atoms with E-state index in [1.165, 1.54) is 0 Å². The van der Waals surface area contributed by atoms with Gasteiger partial charge >= 0.3 is 0 Å². The number of carbonyl (C=O) groups excluding carboxylic acids is 1. The third kappa shape index (κ3) is 3.58. The minimum atomic E-state index is -0.641. The van der Waals surface area contributed by atoms with Crippen molar-refractivity contribution in [3.05, 3.63) is 77.6 Å². The standard InChI is InChI=1S/C25H23N5O2S/c1-17-15-19(9-10-21(17)26-2)29-23(31)25(11-4-12-25)30(24(29)33)20-8-7-18(28-16-20)5-3-6-22-27-13-14-32-22/h7-10,13-16H,3-6,11-12H2,1H3. The first kappa shape index (κ1) is 21.3. The van der Waals surface area contributed by atoms with Gasteiger partial charge in [0.05, 0.1) is 24.7 Å². The van der Waals surface area contributed by atoms with E-state index >= 15 is 0 Å². The van der Waals surface area contributed by atoms with Crippen molar-refractivity contribution < 1.29 is 9.21 Å². The van der Waals surface area contributed by atoms with E-state index in [0.29, 0.717) is 16.5 Å². The summed E-state index contributed by atoms with van der Waals surface area (Å²) < 4.78 is 5.28. The number of anilines is 2. The highest BCUT2D eigenvalue weighted by Gasteiger charge is 2.59. The molecular weight excluding hydrogens is 434 g/mol. The van der Waals surface area contributed by atoms with Crippen molar-refractivity contribution in [1.82, 2.24) is 9.97 Å². The molecule has 0 unspecified atom stereocenters. The fourth-order valence-corrected chi connectivity index (χ4v) is 5.07. The summed E-state index contributed by atoms with van der Waals surface area (Å²) in [5.74, 6) is 0.739. The van der Waals surface area contributed by atoms with E-state index in [4.69, 9.17) is 23.2 Å². The molecule has 7 nitrogen and oxygen atoms in total. The lowest BCUT2D eigenvalue weighted by Gasteiger charge is -2.42. The predicted molar refractivity (Wildman–Crippen MR) is 129 cm³/mol. The number of rotatable bonds is 6. The monoisotopic (exact) mass is 457 g/mol. The van der Waals surface area contributed by atoms with Gasteiger partial charge < -0.3 is 9.32 Å². The van der Waals surface area contributed by atoms with Crippen LogP contribution in [0.2, 0.25) is 0 Å². The van der Waals surface area contributed by atoms with Crippen LogP contribution in [0.3, 0.4) is 0 Å². The first-order chi connectivity index (χ1) is 16.0. The zero-order chi connectivity index (χ0) is 23.0. The predicted octanol–water partition coefficient (Wildman–Crippen LogP) is 5.16. The lowest BCUT2D eigenvalue weighted by molar-refractivity contribution is -0.123. The fourth-order valence-electron chi connectivity index (χ4n) is 4.61. The first-order valence-electron chi connectivity index (χ1n) is 11.0. The summed E-state index contributed by atoms with van der Waals surface area (Å²) in [4.78, 5) is 29.5. The van der Waals surface area contributed by atoms with Crippen molar-refractivity contribution in [3.8, 4) is 0 Å². The topological polar surface area (TPSA) is 66.8 Å². The number of amides is 1. The molecule has 8 heteroatoms. The lowest BCUT2D eigenvalue weighted by atomic mass is 9.75. The Bertz CT molecular complexity index is 1240. The number of pyridine rings is 1. The van der Waals surface area contributed by atoms with Crippen LogP contribution in [-0.4, -0.2) is 26.5 Å². The molecule has 1 amide bonds. The molecule has 1 aliphatic carbocycles. The van der Waals surface area contributed by atoms with E-state index in [2.05, 4.69) is 14.8 Å². The van der Waals surface area contributed by atoms with Gasteiger partial charge in [-0.15, -0.1) is 0 Å². The molecule has 33 heavy (non-hydrogen) atoms. The summed E-state index contributed by atoms with van der Waals surface area (Å²) in [5, 5.41) is 0.466. The highest BCUT2D eigenvalue weighted by atomic mass is 32.1. The molecule has 2 aliphatic rings. The SMILES string of the molecule is [C-]#[N+]c1ccc(N2C(=O)C3(CCC3)N(c3ccc(CCCc4ncco4)nc3)C2=S)cc1C. The minimum Gasteiger partial charge on any atom is -0.449 e. The molecule has 166 valence electrons. The van der Waals surface area contributed by atoms with E-state index < -0.39 is 5.54 Å². The van der Waals surface area contributed by atoms with Crippen LogP contribution in [-0.2, 0) is 17.6 Å². The van der Waals surface area contributed by atoms with Crippen LogP contribution < -0.4 is 9.80 Å². The van der Waals surface area contributed by atoms with Gasteiger partial charge in [0.1, 0.15) is 11.8 Å². The molecule has 0 atom stereocenters. The van der Waals surface area contributed by atoms with Gasteiger partial charge in [0, 0.05) is 17.8 Å². The molecule has 0 radical (unpaired) electrons. The molecule has 1 saturated heterocycles. The molecule has 0 N–H and O–H groups in total. The highest BCUT2D eigenvalue weighted by molar-refractivity contribution is 7.81. The van der Waals surface area contributed by atoms with Gasteiger partial charge in [-0.3, -0.25) is 14.7 Å². The third-order valence-electron chi connectivity index (χ3n) is 6.53. The van der Waals surface area contributed by atoms with Gasteiger partial charge in [0.2, 0.25) is 0 Å². The van der Waals surface area contributed by atoms with E-state index in [0.717, 1.165) is 61.4 Å². The summed E-state index contributed by atoms with van der Waals surface area (Å²) >= 11 is 5.83. The Morgan fingerprint density at radius 1 is 1.18 bits per heavy atom. The zero-order valence-corrected chi connectivity index (χ0v) is 19.1. The molecular formula is C25H23N5O2S. The Morgan fingerprint density at radius 3 is 2.61 bits per heavy atom. The van der Waals surface area contributed by atoms with Crippen LogP contribution in [0.25, 0.3) is 4.85 Å². The minimum absolute atomic E-state index is 0.00346. The van der Waals surface area contributed by atoms with E-state index in [9.17, 15) is 4.79 Å². The second-order valence-corrected chi connectivity index (χ2v) is 8.88. The number of hydrogen-bond donors (Lipinski definition) is 0. The quantitative estimate of drug-likeness (QED) is 0.376. The van der Waals surface area contributed by atoms with Crippen molar-refractivity contribution in [3.63, 3.8) is 0 Å². The van der Waals surface area contributed by atoms with Crippen molar-refractivity contribution in [2.24, 2.45) is 0 Å². The van der Waals surface area contributed by atoms with Gasteiger partial charge in [0.25, 0.3) is 5.91 Å². The average Bonchev–Trinajstić information content (AvgIpc) is 3.38. The van der Waals surface area contributed by atoms with Gasteiger partial charge in [-0.2, -0.15) is 0 Å². The molecule has 2 aromatic heterocycles. The molecule has 3 heterocycles. The maximum absolute atomic E-state index is 13.6. The first-order valence-corrected chi connectivity index (χ1v) is 11.4. The van der Waals surface area contributed by atoms with Crippen LogP contribution in [0, 0.1) is 13.5 Å². The Labute approximate surface area is 197 Å². The van der Waals surface area contributed by atoms with E-state index in [1.807, 2.05) is 36.2 Å². The normalized spacial score (nSPS) is 16.8.